The number of para-hydroxylation sites is 1. The van der Waals surface area contributed by atoms with Crippen molar-refractivity contribution in [1.82, 2.24) is 5.32 Å². The quantitative estimate of drug-likeness (QED) is 0.741. The molecule has 1 atom stereocenters. The lowest BCUT2D eigenvalue weighted by Gasteiger charge is -2.29. The third-order valence-electron chi connectivity index (χ3n) is 4.44. The molecule has 3 N–H and O–H groups in total. The minimum absolute atomic E-state index is 0.00418. The van der Waals surface area contributed by atoms with Gasteiger partial charge in [-0.3, -0.25) is 4.79 Å². The molecule has 0 radical (unpaired) electrons. The van der Waals surface area contributed by atoms with Crippen LogP contribution in [0, 0.1) is 13.8 Å². The predicted octanol–water partition coefficient (Wildman–Crippen LogP) is 1.75. The summed E-state index contributed by atoms with van der Waals surface area (Å²) < 4.78 is 5.38. The number of rotatable bonds is 3. The summed E-state index contributed by atoms with van der Waals surface area (Å²) >= 11 is 0. The van der Waals surface area contributed by atoms with E-state index < -0.39 is 19.0 Å². The Morgan fingerprint density at radius 2 is 1.96 bits per heavy atom. The summed E-state index contributed by atoms with van der Waals surface area (Å²) in [6, 6.07) is 10.1. The van der Waals surface area contributed by atoms with Crippen LogP contribution in [-0.4, -0.2) is 35.1 Å². The Balaban J connectivity index is 1.80. The van der Waals surface area contributed by atoms with Gasteiger partial charge >= 0.3 is 13.1 Å². The molecular weight excluding hydrogens is 321 g/mol. The standard InChI is InChI=1S/C18H18BNO5/c1-10-6-7-13(8-11(10)2)17(21)20-15-9-12-4-3-5-14(18(22)23)16(12)25-19(15)24/h3-8,15,24H,9H2,1-2H3,(H,20,21)(H,22,23). The van der Waals surface area contributed by atoms with Crippen LogP contribution in [0.25, 0.3) is 0 Å². The lowest BCUT2D eigenvalue weighted by Crippen LogP contribution is -2.53. The molecule has 2 aromatic carbocycles. The van der Waals surface area contributed by atoms with Crippen molar-refractivity contribution < 1.29 is 24.4 Å². The topological polar surface area (TPSA) is 95.9 Å². The first kappa shape index (κ1) is 17.0. The van der Waals surface area contributed by atoms with Crippen LogP contribution in [0.15, 0.2) is 36.4 Å². The van der Waals surface area contributed by atoms with E-state index in [1.807, 2.05) is 19.9 Å². The van der Waals surface area contributed by atoms with E-state index in [2.05, 4.69) is 5.32 Å². The molecule has 0 fully saturated rings. The second-order valence-electron chi connectivity index (χ2n) is 6.19. The van der Waals surface area contributed by atoms with E-state index in [0.717, 1.165) is 11.1 Å². The average molecular weight is 339 g/mol. The Labute approximate surface area is 145 Å². The highest BCUT2D eigenvalue weighted by Gasteiger charge is 2.37. The Kier molecular flexibility index (Phi) is 4.50. The van der Waals surface area contributed by atoms with Crippen LogP contribution in [0.3, 0.4) is 0 Å². The average Bonchev–Trinajstić information content (AvgIpc) is 2.57. The van der Waals surface area contributed by atoms with Crippen molar-refractivity contribution in [1.29, 1.82) is 0 Å². The summed E-state index contributed by atoms with van der Waals surface area (Å²) in [6.45, 7) is 3.89. The van der Waals surface area contributed by atoms with Gasteiger partial charge in [-0.25, -0.2) is 4.79 Å². The summed E-state index contributed by atoms with van der Waals surface area (Å²) in [5, 5.41) is 22.2. The number of carboxylic acid groups (broad SMARTS) is 1. The minimum atomic E-state index is -1.32. The van der Waals surface area contributed by atoms with E-state index in [9.17, 15) is 19.7 Å². The van der Waals surface area contributed by atoms with Gasteiger partial charge in [-0.15, -0.1) is 0 Å². The summed E-state index contributed by atoms with van der Waals surface area (Å²) in [4.78, 5) is 23.7. The molecule has 1 heterocycles. The van der Waals surface area contributed by atoms with E-state index in [4.69, 9.17) is 4.65 Å². The number of hydrogen-bond acceptors (Lipinski definition) is 4. The summed E-state index contributed by atoms with van der Waals surface area (Å²) in [5.41, 5.74) is 3.23. The molecule has 1 aliphatic rings. The molecule has 0 bridgehead atoms. The van der Waals surface area contributed by atoms with E-state index in [1.54, 1.807) is 24.3 Å². The number of nitrogens with one attached hydrogen (secondary N) is 1. The third kappa shape index (κ3) is 3.37. The molecule has 1 amide bonds. The van der Waals surface area contributed by atoms with Gasteiger partial charge in [0.05, 0.1) is 11.5 Å². The number of hydrogen-bond donors (Lipinski definition) is 3. The number of benzene rings is 2. The highest BCUT2D eigenvalue weighted by molar-refractivity contribution is 6.47. The third-order valence-corrected chi connectivity index (χ3v) is 4.44. The lowest BCUT2D eigenvalue weighted by atomic mass is 9.72. The van der Waals surface area contributed by atoms with Gasteiger partial charge in [0, 0.05) is 5.56 Å². The normalized spacial score (nSPS) is 16.0. The van der Waals surface area contributed by atoms with Gasteiger partial charge in [-0.1, -0.05) is 18.2 Å². The fraction of sp³-hybridized carbons (Fsp3) is 0.222. The van der Waals surface area contributed by atoms with Crippen LogP contribution >= 0.6 is 0 Å². The molecule has 7 heteroatoms. The first-order valence-corrected chi connectivity index (χ1v) is 7.95. The molecule has 0 saturated heterocycles. The second-order valence-corrected chi connectivity index (χ2v) is 6.19. The van der Waals surface area contributed by atoms with Crippen molar-refractivity contribution in [2.24, 2.45) is 0 Å². The van der Waals surface area contributed by atoms with Gasteiger partial charge in [0.1, 0.15) is 5.75 Å². The van der Waals surface area contributed by atoms with E-state index in [1.165, 1.54) is 6.07 Å². The van der Waals surface area contributed by atoms with Crippen molar-refractivity contribution >= 4 is 19.0 Å². The highest BCUT2D eigenvalue weighted by Crippen LogP contribution is 2.30. The van der Waals surface area contributed by atoms with E-state index >= 15 is 0 Å². The Bertz CT molecular complexity index is 851. The van der Waals surface area contributed by atoms with Gasteiger partial charge in [-0.2, -0.15) is 0 Å². The van der Waals surface area contributed by atoms with Crippen molar-refractivity contribution in [2.45, 2.75) is 26.2 Å². The molecule has 2 aromatic rings. The summed E-state index contributed by atoms with van der Waals surface area (Å²) in [7, 11) is -1.32. The maximum Gasteiger partial charge on any atom is 0.547 e. The maximum absolute atomic E-state index is 12.4. The van der Waals surface area contributed by atoms with Crippen molar-refractivity contribution in [3.8, 4) is 5.75 Å². The van der Waals surface area contributed by atoms with Gasteiger partial charge in [0.15, 0.2) is 0 Å². The number of aromatic carboxylic acids is 1. The fourth-order valence-corrected chi connectivity index (χ4v) is 2.85. The van der Waals surface area contributed by atoms with Crippen LogP contribution in [0.1, 0.15) is 37.4 Å². The number of amides is 1. The van der Waals surface area contributed by atoms with Crippen molar-refractivity contribution in [2.75, 3.05) is 0 Å². The molecule has 1 unspecified atom stereocenters. The molecule has 0 aromatic heterocycles. The SMILES string of the molecule is Cc1ccc(C(=O)NC2Cc3cccc(C(=O)O)c3OB2O)cc1C. The monoisotopic (exact) mass is 339 g/mol. The van der Waals surface area contributed by atoms with Crippen LogP contribution < -0.4 is 9.97 Å². The van der Waals surface area contributed by atoms with Crippen LogP contribution in [0.4, 0.5) is 0 Å². The molecule has 0 saturated carbocycles. The minimum Gasteiger partial charge on any atom is -0.534 e. The zero-order valence-electron chi connectivity index (χ0n) is 13.9. The van der Waals surface area contributed by atoms with Crippen LogP contribution in [-0.2, 0) is 6.42 Å². The largest absolute Gasteiger partial charge is 0.547 e. The Morgan fingerprint density at radius 1 is 1.20 bits per heavy atom. The summed E-state index contributed by atoms with van der Waals surface area (Å²) in [6.07, 6.45) is 0.286. The Morgan fingerprint density at radius 3 is 2.64 bits per heavy atom. The molecule has 1 aliphatic heterocycles. The highest BCUT2D eigenvalue weighted by atomic mass is 16.5. The first-order chi connectivity index (χ1) is 11.9. The maximum atomic E-state index is 12.4. The molecule has 3 rings (SSSR count). The second kappa shape index (κ2) is 6.60. The molecular formula is C18H18BNO5. The number of aryl methyl sites for hydroxylation is 2. The molecule has 128 valence electrons. The molecule has 0 spiro atoms. The molecule has 0 aliphatic carbocycles. The smallest absolute Gasteiger partial charge is 0.534 e. The lowest BCUT2D eigenvalue weighted by molar-refractivity contribution is 0.0693. The van der Waals surface area contributed by atoms with Crippen LogP contribution in [0.2, 0.25) is 0 Å². The molecule has 25 heavy (non-hydrogen) atoms. The van der Waals surface area contributed by atoms with Gasteiger partial charge in [0.2, 0.25) is 0 Å². The number of carboxylic acids is 1. The number of fused-ring (bicyclic) bond motifs is 1. The molecule has 6 nitrogen and oxygen atoms in total. The van der Waals surface area contributed by atoms with E-state index in [0.29, 0.717) is 11.1 Å². The fourth-order valence-electron chi connectivity index (χ4n) is 2.85. The van der Waals surface area contributed by atoms with Crippen LogP contribution in [0.5, 0.6) is 5.75 Å². The zero-order valence-corrected chi connectivity index (χ0v) is 13.9. The summed E-state index contributed by atoms with van der Waals surface area (Å²) in [5.74, 6) is -1.94. The van der Waals surface area contributed by atoms with Crippen molar-refractivity contribution in [3.63, 3.8) is 0 Å². The van der Waals surface area contributed by atoms with Gasteiger partial charge in [-0.05, 0) is 55.2 Å². The zero-order chi connectivity index (χ0) is 18.1. The first-order valence-electron chi connectivity index (χ1n) is 7.95. The number of carbonyl (C=O) groups excluding carboxylic acids is 1. The number of carbonyl (C=O) groups is 2. The Hall–Kier alpha value is -2.80. The van der Waals surface area contributed by atoms with Crippen molar-refractivity contribution in [3.05, 3.63) is 64.2 Å². The van der Waals surface area contributed by atoms with E-state index in [-0.39, 0.29) is 23.6 Å². The van der Waals surface area contributed by atoms with Gasteiger partial charge < -0.3 is 20.1 Å². The predicted molar refractivity (Wildman–Crippen MR) is 92.9 cm³/mol. The van der Waals surface area contributed by atoms with Gasteiger partial charge in [0.25, 0.3) is 5.91 Å².